The van der Waals surface area contributed by atoms with Crippen molar-refractivity contribution in [3.8, 4) is 0 Å². The Labute approximate surface area is 139 Å². The fraction of sp³-hybridized carbons (Fsp3) is 0.529. The van der Waals surface area contributed by atoms with Gasteiger partial charge in [0.25, 0.3) is 0 Å². The number of nitrogens with one attached hydrogen (secondary N) is 1. The quantitative estimate of drug-likeness (QED) is 0.939. The molecule has 3 heterocycles. The normalized spacial score (nSPS) is 24.4. The first kappa shape index (κ1) is 14.9. The maximum atomic E-state index is 12.5. The van der Waals surface area contributed by atoms with Crippen LogP contribution in [0.25, 0.3) is 10.2 Å². The predicted molar refractivity (Wildman–Crippen MR) is 90.7 cm³/mol. The number of fused-ring (bicyclic) bond motifs is 1. The molecule has 0 radical (unpaired) electrons. The summed E-state index contributed by atoms with van der Waals surface area (Å²) in [5.41, 5.74) is 1.03. The van der Waals surface area contributed by atoms with E-state index in [0.717, 1.165) is 49.4 Å². The average molecular weight is 331 g/mol. The van der Waals surface area contributed by atoms with Crippen LogP contribution in [0.5, 0.6) is 0 Å². The minimum atomic E-state index is 0.0160. The molecular formula is C17H21N3O2S. The lowest BCUT2D eigenvalue weighted by molar-refractivity contribution is 0.108. The van der Waals surface area contributed by atoms with E-state index in [4.69, 9.17) is 9.72 Å². The molecule has 6 heteroatoms. The van der Waals surface area contributed by atoms with E-state index < -0.39 is 0 Å². The molecule has 0 saturated carbocycles. The highest BCUT2D eigenvalue weighted by molar-refractivity contribution is 7.18. The summed E-state index contributed by atoms with van der Waals surface area (Å²) in [5, 5.41) is 4.09. The maximum Gasteiger partial charge on any atom is 0.318 e. The number of thiazole rings is 1. The summed E-state index contributed by atoms with van der Waals surface area (Å²) in [6.07, 6.45) is 4.35. The summed E-state index contributed by atoms with van der Waals surface area (Å²) >= 11 is 1.70. The number of nitrogens with zero attached hydrogens (tertiary/aromatic N) is 2. The molecule has 23 heavy (non-hydrogen) atoms. The SMILES string of the molecule is O=C(NCC1CCCO1)N1CCCC1c1nc2ccccc2s1. The second-order valence-corrected chi connectivity index (χ2v) is 7.25. The number of likely N-dealkylation sites (tertiary alicyclic amines) is 1. The van der Waals surface area contributed by atoms with Crippen LogP contribution < -0.4 is 5.32 Å². The van der Waals surface area contributed by atoms with Crippen LogP contribution in [0.1, 0.15) is 36.7 Å². The van der Waals surface area contributed by atoms with Crippen molar-refractivity contribution in [1.29, 1.82) is 0 Å². The van der Waals surface area contributed by atoms with Crippen molar-refractivity contribution in [3.05, 3.63) is 29.3 Å². The van der Waals surface area contributed by atoms with Crippen LogP contribution >= 0.6 is 11.3 Å². The van der Waals surface area contributed by atoms with Gasteiger partial charge in [-0.25, -0.2) is 9.78 Å². The molecule has 2 amide bonds. The van der Waals surface area contributed by atoms with Crippen LogP contribution in [0.4, 0.5) is 4.79 Å². The summed E-state index contributed by atoms with van der Waals surface area (Å²) < 4.78 is 6.76. The van der Waals surface area contributed by atoms with E-state index in [2.05, 4.69) is 11.4 Å². The second-order valence-electron chi connectivity index (χ2n) is 6.19. The maximum absolute atomic E-state index is 12.5. The van der Waals surface area contributed by atoms with E-state index >= 15 is 0 Å². The van der Waals surface area contributed by atoms with Crippen LogP contribution in [0, 0.1) is 0 Å². The summed E-state index contributed by atoms with van der Waals surface area (Å²) in [7, 11) is 0. The number of para-hydroxylation sites is 1. The molecule has 1 aromatic heterocycles. The fourth-order valence-corrected chi connectivity index (χ4v) is 4.52. The highest BCUT2D eigenvalue weighted by atomic mass is 32.1. The minimum Gasteiger partial charge on any atom is -0.376 e. The molecule has 2 unspecified atom stereocenters. The van der Waals surface area contributed by atoms with Gasteiger partial charge in [-0.3, -0.25) is 0 Å². The van der Waals surface area contributed by atoms with Gasteiger partial charge in [0.05, 0.1) is 22.4 Å². The van der Waals surface area contributed by atoms with Gasteiger partial charge in [-0.1, -0.05) is 12.1 Å². The Morgan fingerprint density at radius 2 is 2.26 bits per heavy atom. The summed E-state index contributed by atoms with van der Waals surface area (Å²) in [6, 6.07) is 8.29. The molecule has 122 valence electrons. The molecule has 4 rings (SSSR count). The topological polar surface area (TPSA) is 54.5 Å². The van der Waals surface area contributed by atoms with Crippen LogP contribution in [0.2, 0.25) is 0 Å². The van der Waals surface area contributed by atoms with Crippen molar-refractivity contribution in [2.75, 3.05) is 19.7 Å². The van der Waals surface area contributed by atoms with Gasteiger partial charge in [-0.15, -0.1) is 11.3 Å². The van der Waals surface area contributed by atoms with Gasteiger partial charge in [0.15, 0.2) is 0 Å². The predicted octanol–water partition coefficient (Wildman–Crippen LogP) is 3.32. The van der Waals surface area contributed by atoms with Gasteiger partial charge in [0, 0.05) is 19.7 Å². The number of ether oxygens (including phenoxy) is 1. The van der Waals surface area contributed by atoms with Crippen LogP contribution in [-0.2, 0) is 4.74 Å². The van der Waals surface area contributed by atoms with E-state index in [1.165, 1.54) is 4.70 Å². The number of carbonyl (C=O) groups excluding carboxylic acids is 1. The zero-order valence-electron chi connectivity index (χ0n) is 13.0. The smallest absolute Gasteiger partial charge is 0.318 e. The molecule has 0 bridgehead atoms. The van der Waals surface area contributed by atoms with Crippen LogP contribution in [0.15, 0.2) is 24.3 Å². The fourth-order valence-electron chi connectivity index (χ4n) is 3.41. The first-order chi connectivity index (χ1) is 11.3. The molecule has 2 fully saturated rings. The Kier molecular flexibility index (Phi) is 4.18. The van der Waals surface area contributed by atoms with Crippen molar-refractivity contribution in [2.45, 2.75) is 37.8 Å². The monoisotopic (exact) mass is 331 g/mol. The Balaban J connectivity index is 1.46. The van der Waals surface area contributed by atoms with Gasteiger partial charge in [-0.2, -0.15) is 0 Å². The Bertz CT molecular complexity index is 663. The third-order valence-electron chi connectivity index (χ3n) is 4.61. The first-order valence-corrected chi connectivity index (χ1v) is 9.14. The lowest BCUT2D eigenvalue weighted by Crippen LogP contribution is -2.42. The molecule has 5 nitrogen and oxygen atoms in total. The first-order valence-electron chi connectivity index (χ1n) is 8.33. The molecule has 2 aliphatic heterocycles. The van der Waals surface area contributed by atoms with Gasteiger partial charge in [-0.05, 0) is 37.8 Å². The molecular weight excluding hydrogens is 310 g/mol. The Morgan fingerprint density at radius 1 is 1.35 bits per heavy atom. The van der Waals surface area contributed by atoms with Crippen LogP contribution in [0.3, 0.4) is 0 Å². The van der Waals surface area contributed by atoms with Crippen LogP contribution in [-0.4, -0.2) is 41.7 Å². The van der Waals surface area contributed by atoms with E-state index in [1.54, 1.807) is 11.3 Å². The second kappa shape index (κ2) is 6.45. The minimum absolute atomic E-state index is 0.0160. The molecule has 2 aromatic rings. The number of rotatable bonds is 3. The van der Waals surface area contributed by atoms with Crippen molar-refractivity contribution in [3.63, 3.8) is 0 Å². The average Bonchev–Trinajstić information content (AvgIpc) is 3.31. The standard InChI is InChI=1S/C17H21N3O2S/c21-17(18-11-12-5-4-10-22-12)20-9-3-7-14(20)16-19-13-6-1-2-8-15(13)23-16/h1-2,6,8,12,14H,3-5,7,9-11H2,(H,18,21). The highest BCUT2D eigenvalue weighted by Crippen LogP contribution is 2.36. The third-order valence-corrected chi connectivity index (χ3v) is 5.75. The number of aromatic nitrogens is 1. The molecule has 2 saturated heterocycles. The number of hydrogen-bond donors (Lipinski definition) is 1. The van der Waals surface area contributed by atoms with Crippen molar-refractivity contribution in [2.24, 2.45) is 0 Å². The number of hydrogen-bond acceptors (Lipinski definition) is 4. The Hall–Kier alpha value is -1.66. The molecule has 1 N–H and O–H groups in total. The number of carbonyl (C=O) groups is 1. The lowest BCUT2D eigenvalue weighted by atomic mass is 10.2. The van der Waals surface area contributed by atoms with Gasteiger partial charge >= 0.3 is 6.03 Å². The zero-order chi connectivity index (χ0) is 15.6. The molecule has 0 aliphatic carbocycles. The highest BCUT2D eigenvalue weighted by Gasteiger charge is 2.32. The molecule has 2 atom stereocenters. The Morgan fingerprint density at radius 3 is 3.09 bits per heavy atom. The van der Waals surface area contributed by atoms with Crippen molar-refractivity contribution < 1.29 is 9.53 Å². The number of urea groups is 1. The van der Waals surface area contributed by atoms with Gasteiger partial charge in [0.1, 0.15) is 5.01 Å². The third kappa shape index (κ3) is 3.05. The van der Waals surface area contributed by atoms with Crippen molar-refractivity contribution >= 4 is 27.6 Å². The zero-order valence-corrected chi connectivity index (χ0v) is 13.8. The van der Waals surface area contributed by atoms with E-state index in [1.807, 2.05) is 23.1 Å². The van der Waals surface area contributed by atoms with E-state index in [-0.39, 0.29) is 18.2 Å². The summed E-state index contributed by atoms with van der Waals surface area (Å²) in [4.78, 5) is 19.2. The molecule has 1 aromatic carbocycles. The largest absolute Gasteiger partial charge is 0.376 e. The molecule has 0 spiro atoms. The van der Waals surface area contributed by atoms with E-state index in [9.17, 15) is 4.79 Å². The van der Waals surface area contributed by atoms with Gasteiger partial charge < -0.3 is 15.0 Å². The summed E-state index contributed by atoms with van der Waals surface area (Å²) in [5.74, 6) is 0. The van der Waals surface area contributed by atoms with Crippen molar-refractivity contribution in [1.82, 2.24) is 15.2 Å². The van der Waals surface area contributed by atoms with Gasteiger partial charge in [0.2, 0.25) is 0 Å². The molecule has 2 aliphatic rings. The lowest BCUT2D eigenvalue weighted by Gasteiger charge is -2.24. The summed E-state index contributed by atoms with van der Waals surface area (Å²) in [6.45, 7) is 2.23. The number of amides is 2. The number of benzene rings is 1. The van der Waals surface area contributed by atoms with E-state index in [0.29, 0.717) is 6.54 Å².